The molecule has 2 heterocycles. The number of hydrogen-bond donors (Lipinski definition) is 1. The summed E-state index contributed by atoms with van der Waals surface area (Å²) in [5, 5.41) is 22.7. The van der Waals surface area contributed by atoms with Crippen molar-refractivity contribution in [3.63, 3.8) is 0 Å². The van der Waals surface area contributed by atoms with Crippen molar-refractivity contribution in [1.82, 2.24) is 9.80 Å². The van der Waals surface area contributed by atoms with E-state index in [0.29, 0.717) is 12.6 Å². The van der Waals surface area contributed by atoms with Crippen LogP contribution < -0.4 is 5.11 Å². The van der Waals surface area contributed by atoms with Crippen molar-refractivity contribution in [2.45, 2.75) is 44.3 Å². The number of quaternary nitrogens is 1. The molecule has 1 aromatic carbocycles. The second-order valence-corrected chi connectivity index (χ2v) is 8.30. The molecule has 2 atom stereocenters. The summed E-state index contributed by atoms with van der Waals surface area (Å²) in [6, 6.07) is 9.59. The van der Waals surface area contributed by atoms with Gasteiger partial charge in [0.2, 0.25) is 5.54 Å². The number of aliphatic carboxylic acids is 1. The molecule has 0 radical (unpaired) electrons. The average molecular weight is 389 g/mol. The van der Waals surface area contributed by atoms with Crippen LogP contribution in [0.1, 0.15) is 31.7 Å². The molecule has 0 bridgehead atoms. The number of rotatable bonds is 5. The van der Waals surface area contributed by atoms with Gasteiger partial charge in [0.05, 0.1) is 13.1 Å². The van der Waals surface area contributed by atoms with Crippen LogP contribution in [0.25, 0.3) is 0 Å². The number of hydrogen-bond acceptors (Lipinski definition) is 5. The Bertz CT molecular complexity index is 705. The molecule has 0 spiro atoms. The molecule has 2 aliphatic rings. The Hall–Kier alpha value is -1.96. The van der Waals surface area contributed by atoms with E-state index in [2.05, 4.69) is 16.8 Å². The van der Waals surface area contributed by atoms with E-state index in [4.69, 9.17) is 0 Å². The summed E-state index contributed by atoms with van der Waals surface area (Å²) in [6.45, 7) is 4.94. The molecule has 7 nitrogen and oxygen atoms in total. The molecule has 1 aromatic rings. The van der Waals surface area contributed by atoms with Crippen LogP contribution in [0.2, 0.25) is 0 Å². The van der Waals surface area contributed by atoms with Gasteiger partial charge < -0.3 is 19.9 Å². The zero-order valence-electron chi connectivity index (χ0n) is 16.8. The Balaban J connectivity index is 1.95. The van der Waals surface area contributed by atoms with Crippen molar-refractivity contribution in [3.8, 4) is 0 Å². The molecule has 28 heavy (non-hydrogen) atoms. The number of piperazine rings is 1. The zero-order valence-corrected chi connectivity index (χ0v) is 16.8. The number of benzene rings is 1. The normalized spacial score (nSPS) is 30.2. The number of carboxylic acid groups (broad SMARTS) is 2. The highest BCUT2D eigenvalue weighted by atomic mass is 16.4. The molecule has 154 valence electrons. The van der Waals surface area contributed by atoms with E-state index in [1.807, 2.05) is 30.3 Å². The van der Waals surface area contributed by atoms with Crippen LogP contribution in [0.4, 0.5) is 4.79 Å². The highest BCUT2D eigenvalue weighted by molar-refractivity contribution is 5.80. The van der Waals surface area contributed by atoms with Gasteiger partial charge >= 0.3 is 5.97 Å². The van der Waals surface area contributed by atoms with Crippen molar-refractivity contribution in [2.75, 3.05) is 39.8 Å². The van der Waals surface area contributed by atoms with Crippen molar-refractivity contribution in [1.29, 1.82) is 0 Å². The Labute approximate surface area is 166 Å². The van der Waals surface area contributed by atoms with Crippen molar-refractivity contribution >= 4 is 12.1 Å². The van der Waals surface area contributed by atoms with Gasteiger partial charge in [-0.05, 0) is 33.0 Å². The van der Waals surface area contributed by atoms with Gasteiger partial charge in [0.25, 0.3) is 6.09 Å². The van der Waals surface area contributed by atoms with Crippen LogP contribution in [0, 0.1) is 0 Å². The Morgan fingerprint density at radius 2 is 1.86 bits per heavy atom. The summed E-state index contributed by atoms with van der Waals surface area (Å²) in [5.74, 6) is -1.05. The fourth-order valence-electron chi connectivity index (χ4n) is 5.01. The van der Waals surface area contributed by atoms with E-state index in [1.54, 1.807) is 6.92 Å². The van der Waals surface area contributed by atoms with Crippen LogP contribution >= 0.6 is 0 Å². The molecule has 1 amide bonds. The SMILES string of the molecule is CCC1(C(=O)O)CN(C2CCN(C)CC2)CC[N@+]1(Cc1ccccc1)C(=O)[O-]. The quantitative estimate of drug-likeness (QED) is 0.756. The Morgan fingerprint density at radius 3 is 2.39 bits per heavy atom. The van der Waals surface area contributed by atoms with Gasteiger partial charge in [0, 0.05) is 24.6 Å². The summed E-state index contributed by atoms with van der Waals surface area (Å²) in [6.07, 6.45) is 0.919. The average Bonchev–Trinajstić information content (AvgIpc) is 2.69. The van der Waals surface area contributed by atoms with E-state index in [1.165, 1.54) is 0 Å². The third kappa shape index (κ3) is 3.54. The number of carbonyl (C=O) groups is 2. The molecule has 0 aromatic heterocycles. The van der Waals surface area contributed by atoms with Crippen LogP contribution in [0.15, 0.2) is 30.3 Å². The number of nitrogens with zero attached hydrogens (tertiary/aromatic N) is 3. The van der Waals surface area contributed by atoms with Crippen LogP contribution in [-0.2, 0) is 11.3 Å². The summed E-state index contributed by atoms with van der Waals surface area (Å²) < 4.78 is -0.550. The maximum Gasteiger partial charge on any atom is 0.367 e. The first kappa shape index (κ1) is 20.8. The van der Waals surface area contributed by atoms with Crippen molar-refractivity contribution < 1.29 is 24.3 Å². The minimum atomic E-state index is -1.42. The van der Waals surface area contributed by atoms with Crippen LogP contribution in [0.5, 0.6) is 0 Å². The van der Waals surface area contributed by atoms with Gasteiger partial charge in [0.1, 0.15) is 6.54 Å². The summed E-state index contributed by atoms with van der Waals surface area (Å²) in [5.41, 5.74) is -0.602. The highest BCUT2D eigenvalue weighted by Crippen LogP contribution is 2.37. The lowest BCUT2D eigenvalue weighted by Gasteiger charge is -2.56. The zero-order chi connectivity index (χ0) is 20.4. The number of piperidine rings is 1. The molecule has 3 rings (SSSR count). The fourth-order valence-corrected chi connectivity index (χ4v) is 5.01. The number of carboxylic acids is 1. The molecule has 1 unspecified atom stereocenters. The third-order valence-electron chi connectivity index (χ3n) is 6.89. The fraction of sp³-hybridized carbons (Fsp3) is 0.619. The molecule has 1 N–H and O–H groups in total. The van der Waals surface area contributed by atoms with E-state index in [0.717, 1.165) is 31.5 Å². The highest BCUT2D eigenvalue weighted by Gasteiger charge is 2.61. The lowest BCUT2D eigenvalue weighted by molar-refractivity contribution is -0.933. The van der Waals surface area contributed by atoms with Gasteiger partial charge in [-0.1, -0.05) is 37.3 Å². The van der Waals surface area contributed by atoms with Crippen molar-refractivity contribution in [3.05, 3.63) is 35.9 Å². The molecular weight excluding hydrogens is 358 g/mol. The van der Waals surface area contributed by atoms with E-state index >= 15 is 0 Å². The molecule has 7 heteroatoms. The molecule has 2 saturated heterocycles. The van der Waals surface area contributed by atoms with Crippen LogP contribution in [0.3, 0.4) is 0 Å². The third-order valence-corrected chi connectivity index (χ3v) is 6.89. The minimum absolute atomic E-state index is 0.130. The Kier molecular flexibility index (Phi) is 6.07. The second kappa shape index (κ2) is 8.19. The lowest BCUT2D eigenvalue weighted by atomic mass is 9.85. The maximum atomic E-state index is 12.6. The first-order valence-electron chi connectivity index (χ1n) is 10.1. The Morgan fingerprint density at radius 1 is 1.21 bits per heavy atom. The topological polar surface area (TPSA) is 83.9 Å². The predicted octanol–water partition coefficient (Wildman–Crippen LogP) is 0.990. The lowest BCUT2D eigenvalue weighted by Crippen LogP contribution is -2.80. The first-order chi connectivity index (χ1) is 13.3. The second-order valence-electron chi connectivity index (χ2n) is 8.30. The summed E-state index contributed by atoms with van der Waals surface area (Å²) in [4.78, 5) is 29.5. The van der Waals surface area contributed by atoms with Gasteiger partial charge in [-0.3, -0.25) is 9.38 Å². The van der Waals surface area contributed by atoms with Gasteiger partial charge in [0.15, 0.2) is 0 Å². The van der Waals surface area contributed by atoms with Gasteiger partial charge in [-0.2, -0.15) is 0 Å². The van der Waals surface area contributed by atoms with E-state index in [9.17, 15) is 19.8 Å². The molecule has 0 saturated carbocycles. The summed E-state index contributed by atoms with van der Waals surface area (Å²) in [7, 11) is 2.10. The minimum Gasteiger partial charge on any atom is -0.498 e. The predicted molar refractivity (Wildman–Crippen MR) is 103 cm³/mol. The number of amides is 1. The molecule has 0 aliphatic carbocycles. The smallest absolute Gasteiger partial charge is 0.367 e. The largest absolute Gasteiger partial charge is 0.498 e. The van der Waals surface area contributed by atoms with E-state index < -0.39 is 22.1 Å². The monoisotopic (exact) mass is 389 g/mol. The summed E-state index contributed by atoms with van der Waals surface area (Å²) >= 11 is 0. The number of carbonyl (C=O) groups excluding carboxylic acids is 1. The van der Waals surface area contributed by atoms with Crippen LogP contribution in [-0.4, -0.2) is 82.8 Å². The van der Waals surface area contributed by atoms with Gasteiger partial charge in [-0.25, -0.2) is 4.79 Å². The maximum absolute atomic E-state index is 12.6. The molecule has 2 aliphatic heterocycles. The first-order valence-corrected chi connectivity index (χ1v) is 10.1. The van der Waals surface area contributed by atoms with E-state index in [-0.39, 0.29) is 26.1 Å². The standard InChI is InChI=1S/C21H31N3O4/c1-3-21(19(25)26)16-23(18-9-11-22(2)12-10-18)13-14-24(21,20(27)28)15-17-7-5-4-6-8-17/h4-8,18H,3,9-16H2,1-2H3,(H-,25,26,27,28)/t21?,24-/m0/s1. The molecular formula is C21H31N3O4. The van der Waals surface area contributed by atoms with Gasteiger partial charge in [-0.15, -0.1) is 0 Å². The number of likely N-dealkylation sites (tertiary alicyclic amines) is 1. The van der Waals surface area contributed by atoms with Crippen molar-refractivity contribution in [2.24, 2.45) is 0 Å². The molecule has 2 fully saturated rings.